The van der Waals surface area contributed by atoms with Gasteiger partial charge in [0.1, 0.15) is 17.4 Å². The van der Waals surface area contributed by atoms with Gasteiger partial charge in [-0.3, -0.25) is 14.4 Å². The SMILES string of the molecule is C=CCN(C(=O)[C@H]1[C@@H]2OC3(CC2Br)C(C(=O)N(CC=C)C(C)C)N(CCCCCCO)C(=O)[C@H]13)c1ccc(OCC)cc1. The van der Waals surface area contributed by atoms with Crippen molar-refractivity contribution >= 4 is 39.3 Å². The summed E-state index contributed by atoms with van der Waals surface area (Å²) in [5, 5.41) is 9.19. The predicted molar refractivity (Wildman–Crippen MR) is 170 cm³/mol. The van der Waals surface area contributed by atoms with Gasteiger partial charge in [0, 0.05) is 42.8 Å². The maximum Gasteiger partial charge on any atom is 0.248 e. The van der Waals surface area contributed by atoms with Crippen molar-refractivity contribution in [3.05, 3.63) is 49.6 Å². The van der Waals surface area contributed by atoms with Gasteiger partial charge in [-0.2, -0.15) is 0 Å². The fraction of sp³-hybridized carbons (Fsp3) is 0.606. The Morgan fingerprint density at radius 1 is 1.14 bits per heavy atom. The molecule has 4 rings (SSSR count). The quantitative estimate of drug-likeness (QED) is 0.161. The Balaban J connectivity index is 1.72. The van der Waals surface area contributed by atoms with Crippen LogP contribution in [0.5, 0.6) is 5.75 Å². The molecule has 3 unspecified atom stereocenters. The van der Waals surface area contributed by atoms with Crippen LogP contribution in [0.4, 0.5) is 5.69 Å². The summed E-state index contributed by atoms with van der Waals surface area (Å²) in [5.41, 5.74) is -0.446. The zero-order valence-corrected chi connectivity index (χ0v) is 27.2. The van der Waals surface area contributed by atoms with Gasteiger partial charge in [0.05, 0.1) is 24.5 Å². The summed E-state index contributed by atoms with van der Waals surface area (Å²) in [6.07, 6.45) is 6.31. The largest absolute Gasteiger partial charge is 0.494 e. The second kappa shape index (κ2) is 14.4. The number of amides is 3. The van der Waals surface area contributed by atoms with Gasteiger partial charge in [0.25, 0.3) is 0 Å². The number of fused-ring (bicyclic) bond motifs is 1. The van der Waals surface area contributed by atoms with E-state index in [-0.39, 0.29) is 41.7 Å². The third kappa shape index (κ3) is 6.28. The Morgan fingerprint density at radius 3 is 2.42 bits per heavy atom. The topological polar surface area (TPSA) is 99.6 Å². The molecule has 0 saturated carbocycles. The Bertz CT molecular complexity index is 1180. The van der Waals surface area contributed by atoms with Crippen LogP contribution in [0, 0.1) is 11.8 Å². The van der Waals surface area contributed by atoms with Crippen molar-refractivity contribution in [3.63, 3.8) is 0 Å². The lowest BCUT2D eigenvalue weighted by Gasteiger charge is -2.38. The first-order valence-electron chi connectivity index (χ1n) is 15.5. The number of hydrogen-bond acceptors (Lipinski definition) is 6. The molecule has 2 bridgehead atoms. The van der Waals surface area contributed by atoms with Gasteiger partial charge in [0.2, 0.25) is 17.7 Å². The van der Waals surface area contributed by atoms with Crippen LogP contribution in [0.1, 0.15) is 52.9 Å². The number of aliphatic hydroxyl groups excluding tert-OH is 1. The van der Waals surface area contributed by atoms with Crippen molar-refractivity contribution in [2.24, 2.45) is 11.8 Å². The van der Waals surface area contributed by atoms with E-state index in [1.165, 1.54) is 0 Å². The molecule has 1 aromatic carbocycles. The number of carbonyl (C=O) groups excluding carboxylic acids is 3. The fourth-order valence-corrected chi connectivity index (χ4v) is 7.99. The summed E-state index contributed by atoms with van der Waals surface area (Å²) in [4.78, 5) is 48.1. The van der Waals surface area contributed by atoms with E-state index in [1.54, 1.807) is 26.9 Å². The van der Waals surface area contributed by atoms with Crippen LogP contribution in [0.25, 0.3) is 0 Å². The average molecular weight is 661 g/mol. The minimum Gasteiger partial charge on any atom is -0.494 e. The summed E-state index contributed by atoms with van der Waals surface area (Å²) >= 11 is 3.77. The number of unbranched alkanes of at least 4 members (excludes halogenated alkanes) is 3. The molecule has 0 aliphatic carbocycles. The number of alkyl halides is 1. The zero-order valence-electron chi connectivity index (χ0n) is 25.6. The average Bonchev–Trinajstić information content (AvgIpc) is 3.57. The number of halogens is 1. The van der Waals surface area contributed by atoms with E-state index in [9.17, 15) is 19.5 Å². The first kappa shape index (κ1) is 33.2. The Hall–Kier alpha value is -2.69. The molecule has 10 heteroatoms. The van der Waals surface area contributed by atoms with Gasteiger partial charge in [0.15, 0.2) is 0 Å². The summed E-state index contributed by atoms with van der Waals surface area (Å²) in [6, 6.07) is 6.36. The number of benzene rings is 1. The van der Waals surface area contributed by atoms with E-state index in [0.29, 0.717) is 50.4 Å². The fourth-order valence-electron chi connectivity index (χ4n) is 7.05. The van der Waals surface area contributed by atoms with Crippen LogP contribution < -0.4 is 9.64 Å². The maximum absolute atomic E-state index is 14.5. The van der Waals surface area contributed by atoms with Crippen LogP contribution in [-0.4, -0.2) is 94.1 Å². The number of ether oxygens (including phenoxy) is 2. The highest BCUT2D eigenvalue weighted by Gasteiger charge is 2.76. The van der Waals surface area contributed by atoms with Gasteiger partial charge < -0.3 is 29.3 Å². The molecule has 3 aliphatic rings. The van der Waals surface area contributed by atoms with Crippen LogP contribution in [0.2, 0.25) is 0 Å². The predicted octanol–water partition coefficient (Wildman–Crippen LogP) is 4.33. The van der Waals surface area contributed by atoms with Gasteiger partial charge >= 0.3 is 0 Å². The van der Waals surface area contributed by atoms with Crippen LogP contribution >= 0.6 is 15.9 Å². The molecule has 0 aromatic heterocycles. The van der Waals surface area contributed by atoms with E-state index >= 15 is 0 Å². The Kier molecular flexibility index (Phi) is 11.1. The molecule has 3 aliphatic heterocycles. The highest BCUT2D eigenvalue weighted by atomic mass is 79.9. The maximum atomic E-state index is 14.5. The van der Waals surface area contributed by atoms with E-state index in [4.69, 9.17) is 9.47 Å². The molecule has 1 spiro atoms. The van der Waals surface area contributed by atoms with Crippen LogP contribution in [0.15, 0.2) is 49.6 Å². The standard InChI is InChI=1S/C33H46BrN3O6/c1-6-17-35(22(4)5)32(41)29-33-21-25(34)28(43-33)26(27(33)31(40)37(29)19-11-9-10-12-20-38)30(39)36(18-7-2)23-13-15-24(16-14-23)42-8-3/h6-7,13-16,22,25-29,38H,1-2,8-12,17-21H2,3-5H3/t25?,26-,27+,28-,29?,33?/m1/s1. The lowest BCUT2D eigenvalue weighted by molar-refractivity contribution is -0.149. The van der Waals surface area contributed by atoms with E-state index < -0.39 is 29.6 Å². The van der Waals surface area contributed by atoms with Gasteiger partial charge in [-0.1, -0.05) is 40.9 Å². The number of aliphatic hydroxyl groups is 1. The number of anilines is 1. The molecule has 9 nitrogen and oxygen atoms in total. The van der Waals surface area contributed by atoms with Gasteiger partial charge in [-0.15, -0.1) is 13.2 Å². The highest BCUT2D eigenvalue weighted by Crippen LogP contribution is 2.60. The summed E-state index contributed by atoms with van der Waals surface area (Å²) in [5.74, 6) is -1.44. The molecule has 1 aromatic rings. The second-order valence-electron chi connectivity index (χ2n) is 11.9. The number of rotatable bonds is 16. The lowest BCUT2D eigenvalue weighted by atomic mass is 9.70. The van der Waals surface area contributed by atoms with E-state index in [2.05, 4.69) is 29.1 Å². The van der Waals surface area contributed by atoms with Crippen LogP contribution in [0.3, 0.4) is 0 Å². The van der Waals surface area contributed by atoms with Crippen molar-refractivity contribution in [2.75, 3.05) is 37.7 Å². The van der Waals surface area contributed by atoms with Crippen molar-refractivity contribution in [3.8, 4) is 5.75 Å². The molecule has 3 amide bonds. The van der Waals surface area contributed by atoms with E-state index in [0.717, 1.165) is 12.8 Å². The summed E-state index contributed by atoms with van der Waals surface area (Å²) in [7, 11) is 0. The van der Waals surface area contributed by atoms with Crippen molar-refractivity contribution in [1.82, 2.24) is 9.80 Å². The first-order chi connectivity index (χ1) is 20.7. The molecule has 3 fully saturated rings. The Morgan fingerprint density at radius 2 is 1.81 bits per heavy atom. The Labute approximate surface area is 264 Å². The lowest BCUT2D eigenvalue weighted by Crippen LogP contribution is -2.58. The molecular weight excluding hydrogens is 614 g/mol. The normalized spacial score (nSPS) is 27.3. The number of carbonyl (C=O) groups is 3. The molecule has 1 N–H and O–H groups in total. The molecule has 3 heterocycles. The summed E-state index contributed by atoms with van der Waals surface area (Å²) in [6.45, 7) is 15.2. The number of hydrogen-bond donors (Lipinski definition) is 1. The van der Waals surface area contributed by atoms with E-state index in [1.807, 2.05) is 45.0 Å². The minimum absolute atomic E-state index is 0.110. The molecule has 6 atom stereocenters. The monoisotopic (exact) mass is 659 g/mol. The molecular formula is C33H46BrN3O6. The first-order valence-corrected chi connectivity index (χ1v) is 16.4. The third-order valence-electron chi connectivity index (χ3n) is 8.88. The second-order valence-corrected chi connectivity index (χ2v) is 13.0. The molecule has 43 heavy (non-hydrogen) atoms. The van der Waals surface area contributed by atoms with Crippen molar-refractivity contribution < 1.29 is 29.0 Å². The van der Waals surface area contributed by atoms with Crippen molar-refractivity contribution in [1.29, 1.82) is 0 Å². The van der Waals surface area contributed by atoms with Gasteiger partial charge in [-0.25, -0.2) is 0 Å². The molecule has 3 saturated heterocycles. The smallest absolute Gasteiger partial charge is 0.248 e. The summed E-state index contributed by atoms with van der Waals surface area (Å²) < 4.78 is 12.3. The third-order valence-corrected chi connectivity index (χ3v) is 9.73. The molecule has 0 radical (unpaired) electrons. The van der Waals surface area contributed by atoms with Gasteiger partial charge in [-0.05, 0) is 64.3 Å². The number of likely N-dealkylation sites (tertiary alicyclic amines) is 1. The van der Waals surface area contributed by atoms with Crippen molar-refractivity contribution in [2.45, 2.75) is 81.5 Å². The van der Waals surface area contributed by atoms with Crippen LogP contribution in [-0.2, 0) is 19.1 Å². The zero-order chi connectivity index (χ0) is 31.3. The minimum atomic E-state index is -1.12. The highest BCUT2D eigenvalue weighted by molar-refractivity contribution is 9.09. The number of nitrogens with zero attached hydrogens (tertiary/aromatic N) is 3. The molecule has 236 valence electrons.